The van der Waals surface area contributed by atoms with Gasteiger partial charge in [0.2, 0.25) is 0 Å². The summed E-state index contributed by atoms with van der Waals surface area (Å²) < 4.78 is 10.9. The lowest BCUT2D eigenvalue weighted by molar-refractivity contribution is 0.0469. The van der Waals surface area contributed by atoms with Crippen LogP contribution >= 0.6 is 0 Å². The second-order valence-electron chi connectivity index (χ2n) is 4.75. The highest BCUT2D eigenvalue weighted by Gasteiger charge is 1.93. The average molecular weight is 275 g/mol. The average Bonchev–Trinajstić information content (AvgIpc) is 2.42. The van der Waals surface area contributed by atoms with E-state index in [9.17, 15) is 0 Å². The Morgan fingerprint density at radius 3 is 1.95 bits per heavy atom. The van der Waals surface area contributed by atoms with Crippen LogP contribution in [-0.2, 0) is 9.47 Å². The first kappa shape index (κ1) is 21.2. The molecular formula is C16H37NO2. The van der Waals surface area contributed by atoms with E-state index >= 15 is 0 Å². The number of hydrogen-bond donors (Lipinski definition) is 1. The highest BCUT2D eigenvalue weighted by molar-refractivity contribution is 4.50. The summed E-state index contributed by atoms with van der Waals surface area (Å²) in [6, 6.07) is 0.540. The zero-order valence-electron chi connectivity index (χ0n) is 14.0. The van der Waals surface area contributed by atoms with Crippen molar-refractivity contribution in [2.45, 2.75) is 72.8 Å². The minimum absolute atomic E-state index is 0.540. The summed E-state index contributed by atoms with van der Waals surface area (Å²) in [5, 5.41) is 3.31. The molecule has 0 spiro atoms. The van der Waals surface area contributed by atoms with Crippen LogP contribution in [0.25, 0.3) is 0 Å². The van der Waals surface area contributed by atoms with Gasteiger partial charge < -0.3 is 14.8 Å². The molecule has 0 radical (unpaired) electrons. The maximum atomic E-state index is 5.50. The van der Waals surface area contributed by atoms with Gasteiger partial charge in [-0.3, -0.25) is 0 Å². The van der Waals surface area contributed by atoms with E-state index in [-0.39, 0.29) is 0 Å². The van der Waals surface area contributed by atoms with Crippen LogP contribution < -0.4 is 5.32 Å². The second-order valence-corrected chi connectivity index (χ2v) is 4.75. The molecule has 19 heavy (non-hydrogen) atoms. The van der Waals surface area contributed by atoms with Crippen molar-refractivity contribution in [2.24, 2.45) is 0 Å². The lowest BCUT2D eigenvalue weighted by Gasteiger charge is -2.08. The van der Waals surface area contributed by atoms with Crippen LogP contribution in [0.2, 0.25) is 0 Å². The van der Waals surface area contributed by atoms with Gasteiger partial charge in [-0.1, -0.05) is 60.3 Å². The predicted octanol–water partition coefficient (Wildman–Crippen LogP) is 4.01. The van der Waals surface area contributed by atoms with Crippen LogP contribution in [0, 0.1) is 0 Å². The summed E-state index contributed by atoms with van der Waals surface area (Å²) in [5.41, 5.74) is 0. The van der Waals surface area contributed by atoms with Gasteiger partial charge in [0.1, 0.15) is 0 Å². The number of rotatable bonds is 13. The van der Waals surface area contributed by atoms with Crippen molar-refractivity contribution < 1.29 is 9.47 Å². The SMILES string of the molecule is CC.CCCCCCCOCCOCCNC(C)C. The van der Waals surface area contributed by atoms with Gasteiger partial charge in [0.15, 0.2) is 0 Å². The largest absolute Gasteiger partial charge is 0.379 e. The highest BCUT2D eigenvalue weighted by Crippen LogP contribution is 2.02. The van der Waals surface area contributed by atoms with Crippen molar-refractivity contribution in [3.8, 4) is 0 Å². The van der Waals surface area contributed by atoms with Crippen LogP contribution in [0.1, 0.15) is 66.7 Å². The van der Waals surface area contributed by atoms with Crippen LogP contribution in [0.15, 0.2) is 0 Å². The molecule has 0 rings (SSSR count). The van der Waals surface area contributed by atoms with Crippen molar-refractivity contribution in [2.75, 3.05) is 33.0 Å². The third kappa shape index (κ3) is 23.4. The first-order valence-electron chi connectivity index (χ1n) is 8.16. The van der Waals surface area contributed by atoms with Gasteiger partial charge in [-0.25, -0.2) is 0 Å². The fourth-order valence-electron chi connectivity index (χ4n) is 1.55. The standard InChI is InChI=1S/C14H31NO2.C2H6/c1-4-5-6-7-8-10-16-12-13-17-11-9-15-14(2)3;1-2/h14-15H,4-13H2,1-3H3;1-2H3. The topological polar surface area (TPSA) is 30.5 Å². The number of ether oxygens (including phenoxy) is 2. The van der Waals surface area contributed by atoms with Crippen molar-refractivity contribution in [1.29, 1.82) is 0 Å². The molecular weight excluding hydrogens is 238 g/mol. The molecule has 3 nitrogen and oxygen atoms in total. The van der Waals surface area contributed by atoms with Gasteiger partial charge in [-0.05, 0) is 6.42 Å². The Bertz CT molecular complexity index is 141. The fraction of sp³-hybridized carbons (Fsp3) is 1.00. The van der Waals surface area contributed by atoms with Crippen LogP contribution in [0.5, 0.6) is 0 Å². The molecule has 0 aromatic carbocycles. The number of hydrogen-bond acceptors (Lipinski definition) is 3. The molecule has 0 bridgehead atoms. The molecule has 3 heteroatoms. The summed E-state index contributed by atoms with van der Waals surface area (Å²) in [6.07, 6.45) is 6.49. The summed E-state index contributed by atoms with van der Waals surface area (Å²) in [6.45, 7) is 14.6. The molecule has 0 aliphatic heterocycles. The quantitative estimate of drug-likeness (QED) is 0.515. The molecule has 0 heterocycles. The van der Waals surface area contributed by atoms with Crippen LogP contribution in [0.4, 0.5) is 0 Å². The Hall–Kier alpha value is -0.120. The molecule has 0 atom stereocenters. The number of unbranched alkanes of at least 4 members (excludes halogenated alkanes) is 4. The zero-order valence-corrected chi connectivity index (χ0v) is 14.0. The van der Waals surface area contributed by atoms with Crippen molar-refractivity contribution in [3.05, 3.63) is 0 Å². The first-order chi connectivity index (χ1) is 9.27. The molecule has 0 saturated carbocycles. The third-order valence-corrected chi connectivity index (χ3v) is 2.56. The van der Waals surface area contributed by atoms with Crippen LogP contribution in [0.3, 0.4) is 0 Å². The second kappa shape index (κ2) is 20.2. The highest BCUT2D eigenvalue weighted by atomic mass is 16.5. The molecule has 0 amide bonds. The smallest absolute Gasteiger partial charge is 0.0701 e. The molecule has 0 saturated heterocycles. The van der Waals surface area contributed by atoms with Crippen molar-refractivity contribution in [3.63, 3.8) is 0 Å². The molecule has 1 N–H and O–H groups in total. The fourth-order valence-corrected chi connectivity index (χ4v) is 1.55. The van der Waals surface area contributed by atoms with E-state index in [1.165, 1.54) is 32.1 Å². The Morgan fingerprint density at radius 1 is 0.789 bits per heavy atom. The lowest BCUT2D eigenvalue weighted by Crippen LogP contribution is -2.27. The lowest BCUT2D eigenvalue weighted by atomic mass is 10.2. The molecule has 0 aliphatic carbocycles. The van der Waals surface area contributed by atoms with Crippen LogP contribution in [-0.4, -0.2) is 39.0 Å². The Kier molecular flexibility index (Phi) is 22.5. The van der Waals surface area contributed by atoms with E-state index in [1.807, 2.05) is 13.8 Å². The Balaban J connectivity index is 0. The summed E-state index contributed by atoms with van der Waals surface area (Å²) >= 11 is 0. The Morgan fingerprint density at radius 2 is 1.37 bits per heavy atom. The zero-order chi connectivity index (χ0) is 14.8. The maximum absolute atomic E-state index is 5.50. The minimum atomic E-state index is 0.540. The van der Waals surface area contributed by atoms with Gasteiger partial charge in [0.25, 0.3) is 0 Å². The van der Waals surface area contributed by atoms with E-state index in [4.69, 9.17) is 9.47 Å². The van der Waals surface area contributed by atoms with Gasteiger partial charge in [0.05, 0.1) is 19.8 Å². The minimum Gasteiger partial charge on any atom is -0.379 e. The summed E-state index contributed by atoms with van der Waals surface area (Å²) in [5.74, 6) is 0. The maximum Gasteiger partial charge on any atom is 0.0701 e. The number of nitrogens with one attached hydrogen (secondary N) is 1. The monoisotopic (exact) mass is 275 g/mol. The Labute approximate surface area is 121 Å². The molecule has 0 aliphatic rings. The first-order valence-corrected chi connectivity index (χ1v) is 8.16. The van der Waals surface area contributed by atoms with E-state index in [0.29, 0.717) is 12.6 Å². The van der Waals surface area contributed by atoms with Crippen molar-refractivity contribution >= 4 is 0 Å². The van der Waals surface area contributed by atoms with Crippen molar-refractivity contribution in [1.82, 2.24) is 5.32 Å². The predicted molar refractivity (Wildman–Crippen MR) is 84.9 cm³/mol. The molecule has 118 valence electrons. The van der Waals surface area contributed by atoms with Gasteiger partial charge in [-0.2, -0.15) is 0 Å². The summed E-state index contributed by atoms with van der Waals surface area (Å²) in [4.78, 5) is 0. The normalized spacial score (nSPS) is 10.4. The van der Waals surface area contributed by atoms with Gasteiger partial charge in [-0.15, -0.1) is 0 Å². The van der Waals surface area contributed by atoms with E-state index in [1.54, 1.807) is 0 Å². The van der Waals surface area contributed by atoms with E-state index in [0.717, 1.165) is 26.4 Å². The molecule has 0 aromatic rings. The molecule has 0 fully saturated rings. The summed E-state index contributed by atoms with van der Waals surface area (Å²) in [7, 11) is 0. The molecule has 0 unspecified atom stereocenters. The van der Waals surface area contributed by atoms with E-state index < -0.39 is 0 Å². The van der Waals surface area contributed by atoms with Gasteiger partial charge >= 0.3 is 0 Å². The molecule has 0 aromatic heterocycles. The van der Waals surface area contributed by atoms with E-state index in [2.05, 4.69) is 26.1 Å². The third-order valence-electron chi connectivity index (χ3n) is 2.56. The van der Waals surface area contributed by atoms with Gasteiger partial charge in [0, 0.05) is 19.2 Å².